The summed E-state index contributed by atoms with van der Waals surface area (Å²) < 4.78 is 68.9. The Morgan fingerprint density at radius 2 is 0.453 bits per heavy atom. The number of phosphoric acid groups is 2. The van der Waals surface area contributed by atoms with Crippen molar-refractivity contribution in [1.82, 2.24) is 0 Å². The third-order valence-electron chi connectivity index (χ3n) is 20.7. The molecule has 0 aliphatic carbocycles. The molecule has 0 aliphatic heterocycles. The highest BCUT2D eigenvalue weighted by Crippen LogP contribution is 2.45. The first kappa shape index (κ1) is 104. The molecule has 19 heteroatoms. The van der Waals surface area contributed by atoms with Crippen molar-refractivity contribution in [3.63, 3.8) is 0 Å². The van der Waals surface area contributed by atoms with Crippen LogP contribution in [-0.4, -0.2) is 96.7 Å². The average molecular weight is 1550 g/mol. The first-order valence-corrected chi connectivity index (χ1v) is 47.7. The van der Waals surface area contributed by atoms with E-state index in [0.29, 0.717) is 25.7 Å². The first-order chi connectivity index (χ1) is 51.1. The van der Waals surface area contributed by atoms with Gasteiger partial charge in [-0.05, 0) is 49.4 Å². The molecular formula is C87H170O17P2. The third kappa shape index (κ3) is 78.7. The molecule has 0 aromatic heterocycles. The number of hydrogen-bond donors (Lipinski definition) is 3. The number of ether oxygens (including phenoxy) is 4. The van der Waals surface area contributed by atoms with E-state index in [9.17, 15) is 43.2 Å². The largest absolute Gasteiger partial charge is 0.472 e. The summed E-state index contributed by atoms with van der Waals surface area (Å²) >= 11 is 0. The van der Waals surface area contributed by atoms with Crippen LogP contribution in [0.15, 0.2) is 0 Å². The first-order valence-electron chi connectivity index (χ1n) is 44.7. The fourth-order valence-corrected chi connectivity index (χ4v) is 15.0. The fraction of sp³-hybridized carbons (Fsp3) is 0.954. The lowest BCUT2D eigenvalue weighted by Crippen LogP contribution is -2.30. The number of aliphatic hydroxyl groups excluding tert-OH is 1. The summed E-state index contributed by atoms with van der Waals surface area (Å²) in [6.07, 6.45) is 65.2. The molecule has 630 valence electrons. The van der Waals surface area contributed by atoms with Crippen LogP contribution in [0.5, 0.6) is 0 Å². The quantitative estimate of drug-likeness (QED) is 0.0222. The highest BCUT2D eigenvalue weighted by atomic mass is 31.2. The summed E-state index contributed by atoms with van der Waals surface area (Å²) in [7, 11) is -9.93. The van der Waals surface area contributed by atoms with Gasteiger partial charge in [-0.15, -0.1) is 0 Å². The Bertz CT molecular complexity index is 2060. The summed E-state index contributed by atoms with van der Waals surface area (Å²) in [5.41, 5.74) is 0. The molecule has 0 spiro atoms. The maximum absolute atomic E-state index is 13.2. The van der Waals surface area contributed by atoms with Crippen LogP contribution in [-0.2, 0) is 65.4 Å². The van der Waals surface area contributed by atoms with Gasteiger partial charge in [-0.25, -0.2) is 9.13 Å². The van der Waals surface area contributed by atoms with Gasteiger partial charge in [0.15, 0.2) is 12.2 Å². The van der Waals surface area contributed by atoms with Crippen LogP contribution >= 0.6 is 15.6 Å². The molecule has 0 aromatic carbocycles. The predicted octanol–water partition coefficient (Wildman–Crippen LogP) is 26.3. The van der Waals surface area contributed by atoms with Crippen LogP contribution in [0.1, 0.15) is 453 Å². The second kappa shape index (κ2) is 75.7. The van der Waals surface area contributed by atoms with Crippen molar-refractivity contribution in [3.8, 4) is 0 Å². The average Bonchev–Trinajstić information content (AvgIpc) is 0.902. The highest BCUT2D eigenvalue weighted by molar-refractivity contribution is 7.47. The monoisotopic (exact) mass is 1550 g/mol. The minimum atomic E-state index is -4.97. The zero-order valence-corrected chi connectivity index (χ0v) is 71.9. The van der Waals surface area contributed by atoms with E-state index in [1.165, 1.54) is 257 Å². The van der Waals surface area contributed by atoms with Gasteiger partial charge in [0.2, 0.25) is 0 Å². The molecule has 106 heavy (non-hydrogen) atoms. The molecule has 0 saturated heterocycles. The van der Waals surface area contributed by atoms with Gasteiger partial charge in [0.25, 0.3) is 0 Å². The van der Waals surface area contributed by atoms with E-state index in [2.05, 4.69) is 55.4 Å². The highest BCUT2D eigenvalue weighted by Gasteiger charge is 2.31. The molecule has 17 nitrogen and oxygen atoms in total. The van der Waals surface area contributed by atoms with Gasteiger partial charge in [0.05, 0.1) is 26.4 Å². The van der Waals surface area contributed by atoms with Crippen LogP contribution in [0.4, 0.5) is 0 Å². The Morgan fingerprint density at radius 3 is 0.670 bits per heavy atom. The van der Waals surface area contributed by atoms with Crippen molar-refractivity contribution in [2.24, 2.45) is 23.7 Å². The van der Waals surface area contributed by atoms with Gasteiger partial charge in [-0.1, -0.05) is 402 Å². The Hall–Kier alpha value is -1.94. The van der Waals surface area contributed by atoms with Crippen LogP contribution in [0.25, 0.3) is 0 Å². The summed E-state index contributed by atoms with van der Waals surface area (Å²) in [5, 5.41) is 10.7. The van der Waals surface area contributed by atoms with E-state index in [1.54, 1.807) is 0 Å². The maximum Gasteiger partial charge on any atom is 0.472 e. The van der Waals surface area contributed by atoms with Gasteiger partial charge in [0, 0.05) is 25.7 Å². The second-order valence-electron chi connectivity index (χ2n) is 33.0. The Labute approximate surface area is 651 Å². The Kier molecular flexibility index (Phi) is 74.3. The molecule has 0 bridgehead atoms. The number of rotatable bonds is 84. The van der Waals surface area contributed by atoms with E-state index in [4.69, 9.17) is 37.0 Å². The molecule has 0 heterocycles. The molecular weight excluding hydrogens is 1380 g/mol. The number of esters is 4. The smallest absolute Gasteiger partial charge is 0.462 e. The number of aliphatic hydroxyl groups is 1. The van der Waals surface area contributed by atoms with Crippen molar-refractivity contribution >= 4 is 39.5 Å². The molecule has 0 aliphatic rings. The Balaban J connectivity index is 5.25. The molecule has 6 atom stereocenters. The Morgan fingerprint density at radius 1 is 0.264 bits per heavy atom. The van der Waals surface area contributed by atoms with E-state index in [0.717, 1.165) is 114 Å². The third-order valence-corrected chi connectivity index (χ3v) is 22.6. The molecule has 3 N–H and O–H groups in total. The zero-order valence-electron chi connectivity index (χ0n) is 70.1. The van der Waals surface area contributed by atoms with E-state index in [-0.39, 0.29) is 25.7 Å². The number of carbonyl (C=O) groups excluding carboxylic acids is 4. The topological polar surface area (TPSA) is 237 Å². The van der Waals surface area contributed by atoms with Crippen LogP contribution in [0.2, 0.25) is 0 Å². The normalized spacial score (nSPS) is 14.2. The summed E-state index contributed by atoms with van der Waals surface area (Å²) in [4.78, 5) is 73.3. The van der Waals surface area contributed by atoms with Gasteiger partial charge in [0.1, 0.15) is 19.3 Å². The SMILES string of the molecule is CCC(C)CCCCCCCCCCCCCCCCC(=O)OC[C@H](COP(=O)(O)OC[C@@H](O)COP(=O)(O)OC[C@@H](COC(=O)CCCCCCCCCCC(C)C)OC(=O)CCCCCCCCCCCCCCCC(C)C)OC(=O)CCCCCCCCCCCCCCCCCCCCC(C)C. The van der Waals surface area contributed by atoms with Crippen LogP contribution in [0.3, 0.4) is 0 Å². The van der Waals surface area contributed by atoms with Crippen molar-refractivity contribution in [1.29, 1.82) is 0 Å². The standard InChI is InChI=1S/C87H170O17P2/c1-9-80(8)66-58-50-42-33-27-21-16-17-22-28-34-43-51-59-67-84(89)97-73-82(103-86(91)69-61-53-45-35-29-23-15-13-11-10-12-14-19-25-31-39-47-55-63-77(2)3)75-101-105(93,94)99-71-81(88)72-100-106(95,96)102-76-83(74-98-85(90)68-60-52-44-38-37-41-49-57-65-79(6)7)104-87(92)70-62-54-46-36-30-24-18-20-26-32-40-48-56-64-78(4)5/h77-83,88H,9-76H2,1-8H3,(H,93,94)(H,95,96)/t80?,81-,82-,83-/m1/s1. The van der Waals surface area contributed by atoms with Crippen molar-refractivity contribution in [2.75, 3.05) is 39.6 Å². The predicted molar refractivity (Wildman–Crippen MR) is 437 cm³/mol. The minimum absolute atomic E-state index is 0.107. The second-order valence-corrected chi connectivity index (χ2v) is 35.9. The molecule has 3 unspecified atom stereocenters. The molecule has 0 rings (SSSR count). The summed E-state index contributed by atoms with van der Waals surface area (Å²) in [5.74, 6) is 1.08. The van der Waals surface area contributed by atoms with Crippen molar-refractivity contribution < 1.29 is 80.2 Å². The summed E-state index contributed by atoms with van der Waals surface area (Å²) in [6.45, 7) is 14.4. The minimum Gasteiger partial charge on any atom is -0.462 e. The molecule has 0 aromatic rings. The van der Waals surface area contributed by atoms with E-state index in [1.807, 2.05) is 0 Å². The van der Waals surface area contributed by atoms with Gasteiger partial charge >= 0.3 is 39.5 Å². The lowest BCUT2D eigenvalue weighted by molar-refractivity contribution is -0.161. The zero-order chi connectivity index (χ0) is 78.1. The maximum atomic E-state index is 13.2. The lowest BCUT2D eigenvalue weighted by Gasteiger charge is -2.21. The fourth-order valence-electron chi connectivity index (χ4n) is 13.5. The van der Waals surface area contributed by atoms with E-state index >= 15 is 0 Å². The van der Waals surface area contributed by atoms with Crippen molar-refractivity contribution in [2.45, 2.75) is 472 Å². The van der Waals surface area contributed by atoms with Crippen LogP contribution < -0.4 is 0 Å². The number of phosphoric ester groups is 2. The van der Waals surface area contributed by atoms with Crippen LogP contribution in [0, 0.1) is 23.7 Å². The molecule has 0 radical (unpaired) electrons. The molecule has 0 amide bonds. The number of hydrogen-bond acceptors (Lipinski definition) is 15. The van der Waals surface area contributed by atoms with Gasteiger partial charge in [-0.2, -0.15) is 0 Å². The van der Waals surface area contributed by atoms with E-state index < -0.39 is 97.5 Å². The number of unbranched alkanes of at least 4 members (excludes halogenated alkanes) is 49. The summed E-state index contributed by atoms with van der Waals surface area (Å²) in [6, 6.07) is 0. The van der Waals surface area contributed by atoms with Crippen molar-refractivity contribution in [3.05, 3.63) is 0 Å². The van der Waals surface area contributed by atoms with Gasteiger partial charge in [-0.3, -0.25) is 37.3 Å². The molecule has 0 fully saturated rings. The number of carbonyl (C=O) groups is 4. The lowest BCUT2D eigenvalue weighted by atomic mass is 9.99. The van der Waals surface area contributed by atoms with Gasteiger partial charge < -0.3 is 33.8 Å². The molecule has 0 saturated carbocycles.